The molecule has 2 N–H and O–H groups in total. The van der Waals surface area contributed by atoms with Crippen LogP contribution in [0.2, 0.25) is 5.02 Å². The molecule has 1 heterocycles. The molecule has 2 aromatic carbocycles. The van der Waals surface area contributed by atoms with E-state index in [1.165, 1.54) is 0 Å². The normalized spacial score (nSPS) is 10.7. The van der Waals surface area contributed by atoms with E-state index < -0.39 is 0 Å². The van der Waals surface area contributed by atoms with Gasteiger partial charge in [0.2, 0.25) is 0 Å². The smallest absolute Gasteiger partial charge is 0.140 e. The summed E-state index contributed by atoms with van der Waals surface area (Å²) in [4.78, 5) is 4.42. The van der Waals surface area contributed by atoms with Gasteiger partial charge in [0, 0.05) is 35.2 Å². The number of rotatable bonds is 3. The number of nitrogens with zero attached hydrogens (tertiary/aromatic N) is 2. The summed E-state index contributed by atoms with van der Waals surface area (Å²) in [7, 11) is 0. The van der Waals surface area contributed by atoms with Crippen LogP contribution in [-0.2, 0) is 6.54 Å². The maximum Gasteiger partial charge on any atom is 0.140 e. The van der Waals surface area contributed by atoms with Crippen LogP contribution in [0.15, 0.2) is 60.9 Å². The molecule has 0 aliphatic rings. The Hall–Kier alpha value is -2.26. The van der Waals surface area contributed by atoms with E-state index >= 15 is 0 Å². The fourth-order valence-corrected chi connectivity index (χ4v) is 2.31. The Kier molecular flexibility index (Phi) is 3.44. The predicted octanol–water partition coefficient (Wildman–Crippen LogP) is 3.83. The Morgan fingerprint density at radius 1 is 1.10 bits per heavy atom. The summed E-state index contributed by atoms with van der Waals surface area (Å²) in [5.74, 6) is 0.920. The summed E-state index contributed by atoms with van der Waals surface area (Å²) in [6.07, 6.45) is 3.77. The highest BCUT2D eigenvalue weighted by atomic mass is 35.5. The molecule has 0 saturated heterocycles. The van der Waals surface area contributed by atoms with Crippen LogP contribution in [-0.4, -0.2) is 9.55 Å². The van der Waals surface area contributed by atoms with E-state index in [9.17, 15) is 0 Å². The Labute approximate surface area is 122 Å². The molecular weight excluding hydrogens is 270 g/mol. The number of benzene rings is 2. The molecule has 3 nitrogen and oxygen atoms in total. The largest absolute Gasteiger partial charge is 0.399 e. The van der Waals surface area contributed by atoms with Gasteiger partial charge >= 0.3 is 0 Å². The van der Waals surface area contributed by atoms with Gasteiger partial charge in [0.15, 0.2) is 0 Å². The van der Waals surface area contributed by atoms with Gasteiger partial charge in [0.25, 0.3) is 0 Å². The van der Waals surface area contributed by atoms with Gasteiger partial charge in [-0.25, -0.2) is 4.98 Å². The molecule has 4 heteroatoms. The molecular formula is C16H14ClN3. The van der Waals surface area contributed by atoms with Crippen molar-refractivity contribution in [2.75, 3.05) is 5.73 Å². The molecule has 0 unspecified atom stereocenters. The van der Waals surface area contributed by atoms with Crippen molar-refractivity contribution in [3.63, 3.8) is 0 Å². The summed E-state index contributed by atoms with van der Waals surface area (Å²) in [5.41, 5.74) is 8.78. The highest BCUT2D eigenvalue weighted by Crippen LogP contribution is 2.21. The van der Waals surface area contributed by atoms with Crippen molar-refractivity contribution in [2.45, 2.75) is 6.54 Å². The second-order valence-corrected chi connectivity index (χ2v) is 5.07. The number of nitrogens with two attached hydrogens (primary N) is 1. The molecule has 0 radical (unpaired) electrons. The van der Waals surface area contributed by atoms with Gasteiger partial charge in [0.05, 0.1) is 0 Å². The van der Waals surface area contributed by atoms with Gasteiger partial charge in [-0.15, -0.1) is 0 Å². The highest BCUT2D eigenvalue weighted by molar-refractivity contribution is 6.30. The minimum Gasteiger partial charge on any atom is -0.399 e. The maximum atomic E-state index is 5.92. The first-order valence-electron chi connectivity index (χ1n) is 6.34. The molecule has 0 saturated carbocycles. The standard InChI is InChI=1S/C16H14ClN3/c17-14-6-4-13(5-7-14)16-19-8-9-20(16)11-12-2-1-3-15(18)10-12/h1-10H,11,18H2. The molecule has 0 aliphatic heterocycles. The van der Waals surface area contributed by atoms with Gasteiger partial charge in [-0.2, -0.15) is 0 Å². The van der Waals surface area contributed by atoms with Crippen molar-refractivity contribution in [1.82, 2.24) is 9.55 Å². The van der Waals surface area contributed by atoms with Gasteiger partial charge in [0.1, 0.15) is 5.82 Å². The molecule has 0 spiro atoms. The van der Waals surface area contributed by atoms with Crippen LogP contribution in [0.3, 0.4) is 0 Å². The monoisotopic (exact) mass is 283 g/mol. The summed E-state index contributed by atoms with van der Waals surface area (Å²) in [6.45, 7) is 0.739. The summed E-state index contributed by atoms with van der Waals surface area (Å²) < 4.78 is 2.10. The predicted molar refractivity (Wildman–Crippen MR) is 82.6 cm³/mol. The van der Waals surface area contributed by atoms with Crippen LogP contribution >= 0.6 is 11.6 Å². The summed E-state index contributed by atoms with van der Waals surface area (Å²) >= 11 is 5.92. The lowest BCUT2D eigenvalue weighted by molar-refractivity contribution is 0.807. The Balaban J connectivity index is 1.92. The SMILES string of the molecule is Nc1cccc(Cn2ccnc2-c2ccc(Cl)cc2)c1. The first-order valence-corrected chi connectivity index (χ1v) is 6.72. The van der Waals surface area contributed by atoms with Crippen molar-refractivity contribution in [3.8, 4) is 11.4 Å². The fourth-order valence-electron chi connectivity index (χ4n) is 2.18. The lowest BCUT2D eigenvalue weighted by Crippen LogP contribution is -2.01. The number of halogens is 1. The van der Waals surface area contributed by atoms with Crippen LogP contribution in [0.4, 0.5) is 5.69 Å². The molecule has 3 aromatic rings. The van der Waals surface area contributed by atoms with E-state index in [4.69, 9.17) is 17.3 Å². The van der Waals surface area contributed by atoms with Gasteiger partial charge in [-0.3, -0.25) is 0 Å². The zero-order valence-electron chi connectivity index (χ0n) is 10.8. The maximum absolute atomic E-state index is 5.92. The summed E-state index contributed by atoms with van der Waals surface area (Å²) in [6, 6.07) is 15.6. The Bertz CT molecular complexity index is 717. The summed E-state index contributed by atoms with van der Waals surface area (Å²) in [5, 5.41) is 0.725. The molecule has 0 bridgehead atoms. The van der Waals surface area contributed by atoms with E-state index in [-0.39, 0.29) is 0 Å². The number of imidazole rings is 1. The van der Waals surface area contributed by atoms with Crippen molar-refractivity contribution in [1.29, 1.82) is 0 Å². The van der Waals surface area contributed by atoms with E-state index in [0.29, 0.717) is 0 Å². The van der Waals surface area contributed by atoms with Crippen LogP contribution in [0, 0.1) is 0 Å². The van der Waals surface area contributed by atoms with E-state index in [0.717, 1.165) is 34.2 Å². The van der Waals surface area contributed by atoms with Gasteiger partial charge in [-0.05, 0) is 42.0 Å². The third kappa shape index (κ3) is 2.68. The molecule has 20 heavy (non-hydrogen) atoms. The third-order valence-corrected chi connectivity index (χ3v) is 3.37. The Morgan fingerprint density at radius 3 is 2.65 bits per heavy atom. The number of anilines is 1. The van der Waals surface area contributed by atoms with Crippen molar-refractivity contribution in [3.05, 3.63) is 71.5 Å². The van der Waals surface area contributed by atoms with Gasteiger partial charge < -0.3 is 10.3 Å². The van der Waals surface area contributed by atoms with E-state index in [1.807, 2.05) is 48.7 Å². The number of hydrogen-bond acceptors (Lipinski definition) is 2. The molecule has 1 aromatic heterocycles. The topological polar surface area (TPSA) is 43.8 Å². The van der Waals surface area contributed by atoms with E-state index in [1.54, 1.807) is 6.20 Å². The highest BCUT2D eigenvalue weighted by Gasteiger charge is 2.06. The third-order valence-electron chi connectivity index (χ3n) is 3.12. The van der Waals surface area contributed by atoms with Crippen LogP contribution in [0.1, 0.15) is 5.56 Å². The molecule has 0 atom stereocenters. The first kappa shape index (κ1) is 12.8. The second-order valence-electron chi connectivity index (χ2n) is 4.63. The Morgan fingerprint density at radius 2 is 1.90 bits per heavy atom. The van der Waals surface area contributed by atoms with E-state index in [2.05, 4.69) is 15.6 Å². The zero-order valence-corrected chi connectivity index (χ0v) is 11.6. The van der Waals surface area contributed by atoms with Crippen LogP contribution in [0.5, 0.6) is 0 Å². The molecule has 100 valence electrons. The average Bonchev–Trinajstić information content (AvgIpc) is 2.88. The molecule has 0 aliphatic carbocycles. The molecule has 0 fully saturated rings. The zero-order chi connectivity index (χ0) is 13.9. The quantitative estimate of drug-likeness (QED) is 0.742. The van der Waals surface area contributed by atoms with Crippen LogP contribution in [0.25, 0.3) is 11.4 Å². The number of hydrogen-bond donors (Lipinski definition) is 1. The number of nitrogen functional groups attached to an aromatic ring is 1. The van der Waals surface area contributed by atoms with Crippen molar-refractivity contribution in [2.24, 2.45) is 0 Å². The average molecular weight is 284 g/mol. The number of aromatic nitrogens is 2. The fraction of sp³-hybridized carbons (Fsp3) is 0.0625. The second kappa shape index (κ2) is 5.39. The van der Waals surface area contributed by atoms with Crippen LogP contribution < -0.4 is 5.73 Å². The lowest BCUT2D eigenvalue weighted by atomic mass is 10.2. The van der Waals surface area contributed by atoms with Crippen molar-refractivity contribution < 1.29 is 0 Å². The first-order chi connectivity index (χ1) is 9.72. The van der Waals surface area contributed by atoms with Crippen molar-refractivity contribution >= 4 is 17.3 Å². The minimum absolute atomic E-state index is 0.725. The molecule has 0 amide bonds. The van der Waals surface area contributed by atoms with Gasteiger partial charge in [-0.1, -0.05) is 23.7 Å². The molecule has 3 rings (SSSR count). The minimum atomic E-state index is 0.725. The lowest BCUT2D eigenvalue weighted by Gasteiger charge is -2.09.